The van der Waals surface area contributed by atoms with Gasteiger partial charge in [0.2, 0.25) is 0 Å². The molecule has 0 unspecified atom stereocenters. The van der Waals surface area contributed by atoms with E-state index in [1.807, 2.05) is 6.92 Å². The summed E-state index contributed by atoms with van der Waals surface area (Å²) in [4.78, 5) is 0. The van der Waals surface area contributed by atoms with E-state index in [-0.39, 0.29) is 0 Å². The van der Waals surface area contributed by atoms with E-state index in [1.54, 1.807) is 12.2 Å². The summed E-state index contributed by atoms with van der Waals surface area (Å²) in [5, 5.41) is 0. The minimum absolute atomic E-state index is 0.542. The lowest BCUT2D eigenvalue weighted by molar-refractivity contribution is 1.26. The highest BCUT2D eigenvalue weighted by Crippen LogP contribution is 1.57. The average Bonchev–Trinajstić information content (AvgIpc) is 1.69. The second kappa shape index (κ2) is 5.26. The molecule has 0 aromatic carbocycles. The molecule has 0 aliphatic heterocycles. The SMILES string of the molecule is CC=C=C=CCN. The summed E-state index contributed by atoms with van der Waals surface area (Å²) in [7, 11) is 0. The normalized spacial score (nSPS) is 6.00. The molecule has 0 rings (SSSR count). The van der Waals surface area contributed by atoms with Crippen molar-refractivity contribution in [2.24, 2.45) is 5.73 Å². The van der Waals surface area contributed by atoms with Crippen molar-refractivity contribution in [3.05, 3.63) is 23.6 Å². The molecule has 38 valence electrons. The zero-order valence-corrected chi connectivity index (χ0v) is 4.44. The second-order valence-electron chi connectivity index (χ2n) is 1.02. The summed E-state index contributed by atoms with van der Waals surface area (Å²) in [6.07, 6.45) is 3.51. The molecular formula is C6H9N. The van der Waals surface area contributed by atoms with Crippen molar-refractivity contribution in [1.29, 1.82) is 0 Å². The Morgan fingerprint density at radius 1 is 1.57 bits per heavy atom. The number of nitrogens with two attached hydrogens (primary N) is 1. The van der Waals surface area contributed by atoms with E-state index in [4.69, 9.17) is 5.73 Å². The van der Waals surface area contributed by atoms with E-state index in [2.05, 4.69) is 11.5 Å². The molecule has 1 nitrogen and oxygen atoms in total. The van der Waals surface area contributed by atoms with Crippen LogP contribution in [-0.2, 0) is 0 Å². The Morgan fingerprint density at radius 3 is 2.71 bits per heavy atom. The van der Waals surface area contributed by atoms with E-state index in [9.17, 15) is 0 Å². The van der Waals surface area contributed by atoms with Gasteiger partial charge in [0.05, 0.1) is 0 Å². The van der Waals surface area contributed by atoms with E-state index in [1.165, 1.54) is 0 Å². The van der Waals surface area contributed by atoms with Gasteiger partial charge in [0.25, 0.3) is 0 Å². The molecule has 0 aromatic heterocycles. The maximum absolute atomic E-state index is 5.10. The number of allylic oxidation sites excluding steroid dienone is 1. The third kappa shape index (κ3) is 5.26. The maximum atomic E-state index is 5.10. The molecule has 0 aliphatic rings. The number of rotatable bonds is 1. The maximum Gasteiger partial charge on any atom is 0.0189 e. The Balaban J connectivity index is 3.64. The van der Waals surface area contributed by atoms with Gasteiger partial charge in [-0.1, -0.05) is 11.5 Å². The van der Waals surface area contributed by atoms with Crippen LogP contribution in [-0.4, -0.2) is 6.54 Å². The lowest BCUT2D eigenvalue weighted by Crippen LogP contribution is -1.90. The monoisotopic (exact) mass is 95.1 g/mol. The Hall–Kier alpha value is -0.740. The van der Waals surface area contributed by atoms with Gasteiger partial charge in [0.1, 0.15) is 0 Å². The number of hydrogen-bond donors (Lipinski definition) is 1. The van der Waals surface area contributed by atoms with Crippen LogP contribution in [0.4, 0.5) is 0 Å². The smallest absolute Gasteiger partial charge is 0.0189 e. The largest absolute Gasteiger partial charge is 0.326 e. The van der Waals surface area contributed by atoms with Crippen LogP contribution in [0.5, 0.6) is 0 Å². The Morgan fingerprint density at radius 2 is 2.29 bits per heavy atom. The quantitative estimate of drug-likeness (QED) is 0.480. The summed E-state index contributed by atoms with van der Waals surface area (Å²) >= 11 is 0. The minimum atomic E-state index is 0.542. The Bertz CT molecular complexity index is 112. The van der Waals surface area contributed by atoms with Crippen molar-refractivity contribution in [2.45, 2.75) is 6.92 Å². The predicted molar refractivity (Wildman–Crippen MR) is 30.9 cm³/mol. The summed E-state index contributed by atoms with van der Waals surface area (Å²) in [6, 6.07) is 0. The van der Waals surface area contributed by atoms with Crippen molar-refractivity contribution >= 4 is 0 Å². The van der Waals surface area contributed by atoms with Gasteiger partial charge in [0.15, 0.2) is 0 Å². The van der Waals surface area contributed by atoms with Gasteiger partial charge < -0.3 is 5.73 Å². The van der Waals surface area contributed by atoms with Crippen LogP contribution < -0.4 is 5.73 Å². The van der Waals surface area contributed by atoms with E-state index in [0.717, 1.165) is 0 Å². The van der Waals surface area contributed by atoms with Crippen LogP contribution in [0.2, 0.25) is 0 Å². The van der Waals surface area contributed by atoms with Gasteiger partial charge in [-0.3, -0.25) is 0 Å². The molecule has 2 N–H and O–H groups in total. The fourth-order valence-electron chi connectivity index (χ4n) is 0.201. The average molecular weight is 95.1 g/mol. The van der Waals surface area contributed by atoms with Crippen LogP contribution >= 0.6 is 0 Å². The third-order valence-electron chi connectivity index (χ3n) is 0.448. The highest BCUT2D eigenvalue weighted by Gasteiger charge is 1.51. The zero-order valence-electron chi connectivity index (χ0n) is 4.44. The summed E-state index contributed by atoms with van der Waals surface area (Å²) in [5.41, 5.74) is 10.6. The highest BCUT2D eigenvalue weighted by atomic mass is 14.5. The molecule has 7 heavy (non-hydrogen) atoms. The van der Waals surface area contributed by atoms with Crippen LogP contribution in [0.3, 0.4) is 0 Å². The van der Waals surface area contributed by atoms with E-state index in [0.29, 0.717) is 6.54 Å². The van der Waals surface area contributed by atoms with Gasteiger partial charge in [-0.05, 0) is 19.1 Å². The van der Waals surface area contributed by atoms with Gasteiger partial charge >= 0.3 is 0 Å². The van der Waals surface area contributed by atoms with E-state index < -0.39 is 0 Å². The molecule has 1 heteroatoms. The molecule has 0 saturated heterocycles. The molecule has 0 aromatic rings. The molecule has 0 radical (unpaired) electrons. The summed E-state index contributed by atoms with van der Waals surface area (Å²) < 4.78 is 0. The van der Waals surface area contributed by atoms with Gasteiger partial charge in [-0.2, -0.15) is 0 Å². The van der Waals surface area contributed by atoms with Gasteiger partial charge in [0, 0.05) is 6.54 Å². The van der Waals surface area contributed by atoms with Crippen LogP contribution in [0, 0.1) is 0 Å². The molecule has 0 spiro atoms. The molecule has 0 bridgehead atoms. The molecular weight excluding hydrogens is 86.1 g/mol. The highest BCUT2D eigenvalue weighted by molar-refractivity contribution is 4.84. The van der Waals surface area contributed by atoms with Crippen LogP contribution in [0.15, 0.2) is 23.6 Å². The first-order valence-corrected chi connectivity index (χ1v) is 2.22. The van der Waals surface area contributed by atoms with Gasteiger partial charge in [-0.25, -0.2) is 0 Å². The minimum Gasteiger partial charge on any atom is -0.326 e. The van der Waals surface area contributed by atoms with Crippen molar-refractivity contribution in [3.63, 3.8) is 0 Å². The Kier molecular flexibility index (Phi) is 4.70. The van der Waals surface area contributed by atoms with Crippen LogP contribution in [0.25, 0.3) is 0 Å². The lowest BCUT2D eigenvalue weighted by Gasteiger charge is -1.63. The van der Waals surface area contributed by atoms with Crippen molar-refractivity contribution in [3.8, 4) is 0 Å². The molecule has 0 amide bonds. The second-order valence-corrected chi connectivity index (χ2v) is 1.02. The van der Waals surface area contributed by atoms with Gasteiger partial charge in [-0.15, -0.1) is 0 Å². The molecule has 0 atom stereocenters. The fourth-order valence-corrected chi connectivity index (χ4v) is 0.201. The molecule has 0 heterocycles. The first-order valence-electron chi connectivity index (χ1n) is 2.22. The molecule has 0 fully saturated rings. The van der Waals surface area contributed by atoms with Crippen molar-refractivity contribution in [2.75, 3.05) is 6.54 Å². The summed E-state index contributed by atoms with van der Waals surface area (Å²) in [6.45, 7) is 2.43. The zero-order chi connectivity index (χ0) is 5.54. The topological polar surface area (TPSA) is 26.0 Å². The Labute approximate surface area is 43.8 Å². The molecule has 0 saturated carbocycles. The lowest BCUT2D eigenvalue weighted by atomic mass is 10.6. The third-order valence-corrected chi connectivity index (χ3v) is 0.448. The first-order chi connectivity index (χ1) is 3.41. The van der Waals surface area contributed by atoms with Crippen molar-refractivity contribution in [1.82, 2.24) is 0 Å². The first kappa shape index (κ1) is 6.26. The van der Waals surface area contributed by atoms with Crippen molar-refractivity contribution < 1.29 is 0 Å². The number of hydrogen-bond acceptors (Lipinski definition) is 1. The fraction of sp³-hybridized carbons (Fsp3) is 0.333. The standard InChI is InChI=1S/C6H9N/c1-2-3-4-5-6-7/h2,5H,6-7H2,1H3. The summed E-state index contributed by atoms with van der Waals surface area (Å²) in [5.74, 6) is 0. The predicted octanol–water partition coefficient (Wildman–Crippen LogP) is 0.831. The van der Waals surface area contributed by atoms with E-state index >= 15 is 0 Å². The molecule has 0 aliphatic carbocycles. The van der Waals surface area contributed by atoms with Crippen LogP contribution in [0.1, 0.15) is 6.92 Å².